The second-order valence-electron chi connectivity index (χ2n) is 9.94. The van der Waals surface area contributed by atoms with Gasteiger partial charge in [-0.25, -0.2) is 13.1 Å². The summed E-state index contributed by atoms with van der Waals surface area (Å²) in [6.45, 7) is 15.1. The Morgan fingerprint density at radius 3 is 2.21 bits per heavy atom. The van der Waals surface area contributed by atoms with E-state index in [4.69, 9.17) is 4.74 Å². The minimum absolute atomic E-state index is 0.0369. The van der Waals surface area contributed by atoms with Gasteiger partial charge in [0, 0.05) is 24.2 Å². The number of hydrogen-bond acceptors (Lipinski definition) is 5. The SMILES string of the molecule is CCC(CNS(=O)(=O)c1cccc([N+](=O)[O-])c1)Oc1ccc(C(C)(C)CC)cc1C(C)(C)CC. The molecule has 1 unspecified atom stereocenters. The highest BCUT2D eigenvalue weighted by atomic mass is 32.2. The number of nitro benzene ring substituents is 1. The van der Waals surface area contributed by atoms with Crippen LogP contribution in [0.4, 0.5) is 5.69 Å². The molecular weight excluding hydrogens is 452 g/mol. The highest BCUT2D eigenvalue weighted by Gasteiger charge is 2.28. The van der Waals surface area contributed by atoms with E-state index in [0.717, 1.165) is 30.2 Å². The van der Waals surface area contributed by atoms with Crippen molar-refractivity contribution in [2.24, 2.45) is 0 Å². The van der Waals surface area contributed by atoms with Crippen molar-refractivity contribution in [2.75, 3.05) is 6.54 Å². The lowest BCUT2D eigenvalue weighted by atomic mass is 9.76. The lowest BCUT2D eigenvalue weighted by Crippen LogP contribution is -2.35. The summed E-state index contributed by atoms with van der Waals surface area (Å²) in [4.78, 5) is 10.3. The fourth-order valence-corrected chi connectivity index (χ4v) is 4.58. The van der Waals surface area contributed by atoms with Gasteiger partial charge in [0.25, 0.3) is 5.69 Å². The molecular formula is C26H38N2O5S. The van der Waals surface area contributed by atoms with Crippen LogP contribution in [0.15, 0.2) is 47.4 Å². The standard InChI is InChI=1S/C26H38N2O5S/c1-8-21(18-27-34(31,32)22-13-11-12-20(17-22)28(29)30)33-24-15-14-19(25(4,5)9-2)16-23(24)26(6,7)10-3/h11-17,21,27H,8-10,18H2,1-7H3. The number of hydrogen-bond donors (Lipinski definition) is 1. The van der Waals surface area contributed by atoms with E-state index in [1.165, 1.54) is 23.8 Å². The van der Waals surface area contributed by atoms with E-state index in [1.807, 2.05) is 13.0 Å². The van der Waals surface area contributed by atoms with E-state index in [2.05, 4.69) is 58.4 Å². The molecule has 2 rings (SSSR count). The zero-order chi connectivity index (χ0) is 25.7. The highest BCUT2D eigenvalue weighted by Crippen LogP contribution is 2.39. The molecule has 2 aromatic rings. The van der Waals surface area contributed by atoms with Crippen LogP contribution in [0, 0.1) is 10.1 Å². The van der Waals surface area contributed by atoms with Gasteiger partial charge in [-0.3, -0.25) is 10.1 Å². The molecule has 0 aliphatic carbocycles. The Kier molecular flexibility index (Phi) is 8.88. The van der Waals surface area contributed by atoms with E-state index >= 15 is 0 Å². The Labute approximate surface area is 204 Å². The van der Waals surface area contributed by atoms with Crippen LogP contribution in [0.2, 0.25) is 0 Å². The second-order valence-corrected chi connectivity index (χ2v) is 11.7. The molecule has 0 aromatic heterocycles. The summed E-state index contributed by atoms with van der Waals surface area (Å²) >= 11 is 0. The zero-order valence-corrected chi connectivity index (χ0v) is 22.2. The van der Waals surface area contributed by atoms with Crippen LogP contribution in [-0.4, -0.2) is 26.0 Å². The Bertz CT molecular complexity index is 1110. The lowest BCUT2D eigenvalue weighted by Gasteiger charge is -2.31. The molecule has 188 valence electrons. The van der Waals surface area contributed by atoms with Gasteiger partial charge in [-0.05, 0) is 47.8 Å². The minimum atomic E-state index is -3.92. The molecule has 2 aromatic carbocycles. The molecule has 0 radical (unpaired) electrons. The van der Waals surface area contributed by atoms with Crippen LogP contribution in [0.25, 0.3) is 0 Å². The summed E-state index contributed by atoms with van der Waals surface area (Å²) in [5.74, 6) is 0.754. The molecule has 0 fully saturated rings. The molecule has 0 aliphatic heterocycles. The molecule has 0 saturated carbocycles. The molecule has 34 heavy (non-hydrogen) atoms. The van der Waals surface area contributed by atoms with Gasteiger partial charge < -0.3 is 4.74 Å². The number of ether oxygens (including phenoxy) is 1. The molecule has 8 heteroatoms. The van der Waals surface area contributed by atoms with E-state index in [-0.39, 0.29) is 28.0 Å². The van der Waals surface area contributed by atoms with Gasteiger partial charge in [0.2, 0.25) is 10.0 Å². The summed E-state index contributed by atoms with van der Waals surface area (Å²) in [6.07, 6.45) is 2.13. The summed E-state index contributed by atoms with van der Waals surface area (Å²) < 4.78 is 34.4. The molecule has 0 saturated heterocycles. The quantitative estimate of drug-likeness (QED) is 0.286. The number of rotatable bonds is 12. The van der Waals surface area contributed by atoms with E-state index < -0.39 is 21.1 Å². The molecule has 0 bridgehead atoms. The van der Waals surface area contributed by atoms with Gasteiger partial charge in [0.05, 0.1) is 9.82 Å². The average molecular weight is 491 g/mol. The average Bonchev–Trinajstić information content (AvgIpc) is 2.81. The first-order valence-corrected chi connectivity index (χ1v) is 13.3. The first-order chi connectivity index (χ1) is 15.8. The topological polar surface area (TPSA) is 98.5 Å². The summed E-state index contributed by atoms with van der Waals surface area (Å²) in [5.41, 5.74) is 2.01. The highest BCUT2D eigenvalue weighted by molar-refractivity contribution is 7.89. The van der Waals surface area contributed by atoms with Crippen molar-refractivity contribution in [3.63, 3.8) is 0 Å². The Balaban J connectivity index is 2.29. The van der Waals surface area contributed by atoms with Crippen molar-refractivity contribution in [1.29, 1.82) is 0 Å². The van der Waals surface area contributed by atoms with Gasteiger partial charge >= 0.3 is 0 Å². The third kappa shape index (κ3) is 6.57. The van der Waals surface area contributed by atoms with Crippen molar-refractivity contribution in [3.8, 4) is 5.75 Å². The lowest BCUT2D eigenvalue weighted by molar-refractivity contribution is -0.385. The smallest absolute Gasteiger partial charge is 0.270 e. The Hall–Kier alpha value is -2.45. The fourth-order valence-electron chi connectivity index (χ4n) is 3.48. The van der Waals surface area contributed by atoms with Crippen molar-refractivity contribution in [3.05, 3.63) is 63.7 Å². The predicted molar refractivity (Wildman–Crippen MR) is 136 cm³/mol. The van der Waals surface area contributed by atoms with Gasteiger partial charge in [-0.2, -0.15) is 0 Å². The maximum atomic E-state index is 12.8. The monoisotopic (exact) mass is 490 g/mol. The number of nitrogens with zero attached hydrogens (tertiary/aromatic N) is 1. The van der Waals surface area contributed by atoms with Gasteiger partial charge in [-0.1, -0.05) is 66.7 Å². The van der Waals surface area contributed by atoms with E-state index in [0.29, 0.717) is 6.42 Å². The van der Waals surface area contributed by atoms with Crippen molar-refractivity contribution < 1.29 is 18.1 Å². The normalized spacial score (nSPS) is 13.5. The van der Waals surface area contributed by atoms with Crippen LogP contribution >= 0.6 is 0 Å². The van der Waals surface area contributed by atoms with E-state index in [9.17, 15) is 18.5 Å². The van der Waals surface area contributed by atoms with Crippen molar-refractivity contribution in [1.82, 2.24) is 4.72 Å². The van der Waals surface area contributed by atoms with Crippen LogP contribution in [0.3, 0.4) is 0 Å². The van der Waals surface area contributed by atoms with Crippen LogP contribution < -0.4 is 9.46 Å². The molecule has 7 nitrogen and oxygen atoms in total. The zero-order valence-electron chi connectivity index (χ0n) is 21.3. The van der Waals surface area contributed by atoms with E-state index in [1.54, 1.807) is 0 Å². The molecule has 0 amide bonds. The largest absolute Gasteiger partial charge is 0.489 e. The number of non-ortho nitro benzene ring substituents is 1. The number of benzene rings is 2. The van der Waals surface area contributed by atoms with Crippen LogP contribution in [0.1, 0.15) is 78.9 Å². The summed E-state index contributed by atoms with van der Waals surface area (Å²) in [6, 6.07) is 11.3. The maximum absolute atomic E-state index is 12.8. The molecule has 1 atom stereocenters. The molecule has 0 aliphatic rings. The number of nitro groups is 1. The minimum Gasteiger partial charge on any atom is -0.489 e. The van der Waals surface area contributed by atoms with Gasteiger partial charge in [-0.15, -0.1) is 0 Å². The first kappa shape index (κ1) is 27.8. The number of nitrogens with one attached hydrogen (secondary N) is 1. The molecule has 0 heterocycles. The van der Waals surface area contributed by atoms with Crippen LogP contribution in [0.5, 0.6) is 5.75 Å². The van der Waals surface area contributed by atoms with Gasteiger partial charge in [0.15, 0.2) is 0 Å². The second kappa shape index (κ2) is 10.9. The first-order valence-electron chi connectivity index (χ1n) is 11.8. The predicted octanol–water partition coefficient (Wildman–Crippen LogP) is 6.11. The van der Waals surface area contributed by atoms with Gasteiger partial charge in [0.1, 0.15) is 11.9 Å². The number of sulfonamides is 1. The molecule has 1 N–H and O–H groups in total. The Morgan fingerprint density at radius 1 is 1.00 bits per heavy atom. The molecule has 0 spiro atoms. The van der Waals surface area contributed by atoms with Crippen molar-refractivity contribution >= 4 is 15.7 Å². The third-order valence-electron chi connectivity index (χ3n) is 6.85. The fraction of sp³-hybridized carbons (Fsp3) is 0.538. The maximum Gasteiger partial charge on any atom is 0.270 e. The summed E-state index contributed by atoms with van der Waals surface area (Å²) in [7, 11) is -3.92. The van der Waals surface area contributed by atoms with Crippen molar-refractivity contribution in [2.45, 2.75) is 89.6 Å². The Morgan fingerprint density at radius 2 is 1.65 bits per heavy atom. The van der Waals surface area contributed by atoms with Crippen LogP contribution in [-0.2, 0) is 20.9 Å². The third-order valence-corrected chi connectivity index (χ3v) is 8.27. The summed E-state index contributed by atoms with van der Waals surface area (Å²) in [5, 5.41) is 11.0.